The van der Waals surface area contributed by atoms with E-state index in [1.54, 1.807) is 56.5 Å². The van der Waals surface area contributed by atoms with Crippen molar-refractivity contribution in [3.05, 3.63) is 65.2 Å². The van der Waals surface area contributed by atoms with Gasteiger partial charge >= 0.3 is 0 Å². The lowest BCUT2D eigenvalue weighted by atomic mass is 10.2. The van der Waals surface area contributed by atoms with Crippen molar-refractivity contribution in [1.29, 1.82) is 0 Å². The summed E-state index contributed by atoms with van der Waals surface area (Å²) in [6.07, 6.45) is 3.04. The summed E-state index contributed by atoms with van der Waals surface area (Å²) in [4.78, 5) is 24.1. The quantitative estimate of drug-likeness (QED) is 0.776. The summed E-state index contributed by atoms with van der Waals surface area (Å²) in [7, 11) is 1.59. The number of nitrogens with one attached hydrogen (secondary N) is 2. The predicted octanol–water partition coefficient (Wildman–Crippen LogP) is 3.51. The smallest absolute Gasteiger partial charge is 0.246 e. The predicted molar refractivity (Wildman–Crippen MR) is 99.7 cm³/mol. The SMILES string of the molecule is COc1ccc(/C=C/C(=O)NC(C)C(=O)Nc2ccccc2Cl)cc1. The molecule has 1 unspecified atom stereocenters. The Morgan fingerprint density at radius 3 is 2.44 bits per heavy atom. The minimum Gasteiger partial charge on any atom is -0.497 e. The van der Waals surface area contributed by atoms with Gasteiger partial charge in [0.2, 0.25) is 11.8 Å². The third-order valence-electron chi connectivity index (χ3n) is 3.43. The Morgan fingerprint density at radius 2 is 1.80 bits per heavy atom. The maximum atomic E-state index is 12.1. The number of carbonyl (C=O) groups is 2. The molecule has 0 radical (unpaired) electrons. The van der Waals surface area contributed by atoms with Crippen LogP contribution in [0, 0.1) is 0 Å². The molecule has 2 N–H and O–H groups in total. The van der Waals surface area contributed by atoms with Crippen molar-refractivity contribution in [3.63, 3.8) is 0 Å². The second kappa shape index (κ2) is 8.89. The Balaban J connectivity index is 1.89. The highest BCUT2D eigenvalue weighted by atomic mass is 35.5. The molecule has 0 aliphatic carbocycles. The lowest BCUT2D eigenvalue weighted by molar-refractivity contribution is -0.123. The Labute approximate surface area is 151 Å². The molecule has 0 aliphatic rings. The number of rotatable bonds is 6. The van der Waals surface area contributed by atoms with Crippen LogP contribution in [0.15, 0.2) is 54.6 Å². The van der Waals surface area contributed by atoms with Gasteiger partial charge < -0.3 is 15.4 Å². The van der Waals surface area contributed by atoms with E-state index < -0.39 is 6.04 Å². The molecule has 0 aliphatic heterocycles. The number of halogens is 1. The summed E-state index contributed by atoms with van der Waals surface area (Å²) in [6.45, 7) is 1.60. The Kier molecular flexibility index (Phi) is 6.60. The summed E-state index contributed by atoms with van der Waals surface area (Å²) in [6, 6.07) is 13.5. The topological polar surface area (TPSA) is 67.4 Å². The molecule has 130 valence electrons. The van der Waals surface area contributed by atoms with Gasteiger partial charge in [-0.05, 0) is 42.8 Å². The summed E-state index contributed by atoms with van der Waals surface area (Å²) < 4.78 is 5.07. The van der Waals surface area contributed by atoms with Crippen LogP contribution in [0.2, 0.25) is 5.02 Å². The fourth-order valence-corrected chi connectivity index (χ4v) is 2.20. The molecule has 2 aromatic carbocycles. The van der Waals surface area contributed by atoms with Crippen molar-refractivity contribution in [2.75, 3.05) is 12.4 Å². The molecule has 0 aromatic heterocycles. The summed E-state index contributed by atoms with van der Waals surface area (Å²) in [5, 5.41) is 5.72. The highest BCUT2D eigenvalue weighted by Crippen LogP contribution is 2.20. The van der Waals surface area contributed by atoms with E-state index in [1.807, 2.05) is 12.1 Å². The van der Waals surface area contributed by atoms with Gasteiger partial charge in [0.1, 0.15) is 11.8 Å². The molecule has 2 aromatic rings. The first-order chi connectivity index (χ1) is 12.0. The molecule has 0 saturated carbocycles. The van der Waals surface area contributed by atoms with E-state index in [0.29, 0.717) is 10.7 Å². The van der Waals surface area contributed by atoms with E-state index >= 15 is 0 Å². The Hall–Kier alpha value is -2.79. The first-order valence-corrected chi connectivity index (χ1v) is 8.05. The molecular weight excluding hydrogens is 340 g/mol. The van der Waals surface area contributed by atoms with Gasteiger partial charge in [0.25, 0.3) is 0 Å². The number of hydrogen-bond donors (Lipinski definition) is 2. The third-order valence-corrected chi connectivity index (χ3v) is 3.76. The van der Waals surface area contributed by atoms with Crippen LogP contribution in [0.4, 0.5) is 5.69 Å². The van der Waals surface area contributed by atoms with Gasteiger partial charge in [-0.15, -0.1) is 0 Å². The highest BCUT2D eigenvalue weighted by Gasteiger charge is 2.15. The standard InChI is InChI=1S/C19H19ClN2O3/c1-13(19(24)22-17-6-4-3-5-16(17)20)21-18(23)12-9-14-7-10-15(25-2)11-8-14/h3-13H,1-2H3,(H,21,23)(H,22,24)/b12-9+. The van der Waals surface area contributed by atoms with Gasteiger partial charge in [-0.25, -0.2) is 0 Å². The van der Waals surface area contributed by atoms with Crippen LogP contribution >= 0.6 is 11.6 Å². The van der Waals surface area contributed by atoms with Gasteiger partial charge in [0, 0.05) is 6.08 Å². The second-order valence-electron chi connectivity index (χ2n) is 5.31. The van der Waals surface area contributed by atoms with Crippen LogP contribution in [0.5, 0.6) is 5.75 Å². The van der Waals surface area contributed by atoms with Crippen LogP contribution in [0.25, 0.3) is 6.08 Å². The average molecular weight is 359 g/mol. The summed E-state index contributed by atoms with van der Waals surface area (Å²) in [5.41, 5.74) is 1.35. The van der Waals surface area contributed by atoms with E-state index in [-0.39, 0.29) is 11.8 Å². The van der Waals surface area contributed by atoms with E-state index in [9.17, 15) is 9.59 Å². The molecule has 0 spiro atoms. The largest absolute Gasteiger partial charge is 0.497 e. The molecule has 0 saturated heterocycles. The van der Waals surface area contributed by atoms with Crippen molar-refractivity contribution in [3.8, 4) is 5.75 Å². The molecule has 0 heterocycles. The number of carbonyl (C=O) groups excluding carboxylic acids is 2. The number of hydrogen-bond acceptors (Lipinski definition) is 3. The number of amides is 2. The number of ether oxygens (including phenoxy) is 1. The van der Waals surface area contributed by atoms with Gasteiger partial charge in [0.05, 0.1) is 17.8 Å². The summed E-state index contributed by atoms with van der Waals surface area (Å²) in [5.74, 6) is 0.0309. The van der Waals surface area contributed by atoms with E-state index in [1.165, 1.54) is 6.08 Å². The van der Waals surface area contributed by atoms with Crippen molar-refractivity contribution in [2.45, 2.75) is 13.0 Å². The van der Waals surface area contributed by atoms with Crippen molar-refractivity contribution in [1.82, 2.24) is 5.32 Å². The van der Waals surface area contributed by atoms with Crippen LogP contribution in [-0.2, 0) is 9.59 Å². The maximum Gasteiger partial charge on any atom is 0.246 e. The molecule has 2 amide bonds. The zero-order valence-electron chi connectivity index (χ0n) is 14.0. The number of para-hydroxylation sites is 1. The molecule has 0 fully saturated rings. The molecule has 2 rings (SSSR count). The lowest BCUT2D eigenvalue weighted by Crippen LogP contribution is -2.40. The average Bonchev–Trinajstić information content (AvgIpc) is 2.62. The molecule has 25 heavy (non-hydrogen) atoms. The van der Waals surface area contributed by atoms with E-state index in [2.05, 4.69) is 10.6 Å². The third kappa shape index (κ3) is 5.65. The van der Waals surface area contributed by atoms with Crippen LogP contribution in [0.1, 0.15) is 12.5 Å². The number of benzene rings is 2. The van der Waals surface area contributed by atoms with Crippen molar-refractivity contribution < 1.29 is 14.3 Å². The number of methoxy groups -OCH3 is 1. The molecular formula is C19H19ClN2O3. The number of anilines is 1. The van der Waals surface area contributed by atoms with Gasteiger partial charge in [-0.1, -0.05) is 35.9 Å². The zero-order valence-corrected chi connectivity index (χ0v) is 14.7. The fraction of sp³-hybridized carbons (Fsp3) is 0.158. The Bertz CT molecular complexity index is 772. The minimum absolute atomic E-state index is 0.348. The first kappa shape index (κ1) is 18.5. The normalized spacial score (nSPS) is 11.8. The van der Waals surface area contributed by atoms with Gasteiger partial charge in [-0.2, -0.15) is 0 Å². The summed E-state index contributed by atoms with van der Waals surface area (Å²) >= 11 is 6.00. The Morgan fingerprint density at radius 1 is 1.12 bits per heavy atom. The van der Waals surface area contributed by atoms with Crippen LogP contribution in [-0.4, -0.2) is 25.0 Å². The zero-order chi connectivity index (χ0) is 18.2. The molecule has 6 heteroatoms. The van der Waals surface area contributed by atoms with Crippen molar-refractivity contribution in [2.24, 2.45) is 0 Å². The monoisotopic (exact) mass is 358 g/mol. The van der Waals surface area contributed by atoms with E-state index in [4.69, 9.17) is 16.3 Å². The molecule has 0 bridgehead atoms. The van der Waals surface area contributed by atoms with Crippen LogP contribution < -0.4 is 15.4 Å². The van der Waals surface area contributed by atoms with Gasteiger partial charge in [-0.3, -0.25) is 9.59 Å². The van der Waals surface area contributed by atoms with Crippen LogP contribution in [0.3, 0.4) is 0 Å². The van der Waals surface area contributed by atoms with Crippen molar-refractivity contribution >= 4 is 35.2 Å². The van der Waals surface area contributed by atoms with Gasteiger partial charge in [0.15, 0.2) is 0 Å². The first-order valence-electron chi connectivity index (χ1n) is 7.67. The lowest BCUT2D eigenvalue weighted by Gasteiger charge is -2.13. The molecule has 5 nitrogen and oxygen atoms in total. The minimum atomic E-state index is -0.704. The maximum absolute atomic E-state index is 12.1. The molecule has 1 atom stereocenters. The van der Waals surface area contributed by atoms with E-state index in [0.717, 1.165) is 11.3 Å². The highest BCUT2D eigenvalue weighted by molar-refractivity contribution is 6.33. The fourth-order valence-electron chi connectivity index (χ4n) is 2.02. The second-order valence-corrected chi connectivity index (χ2v) is 5.71.